The van der Waals surface area contributed by atoms with Crippen LogP contribution >= 0.6 is 0 Å². The number of aldehydes is 1. The van der Waals surface area contributed by atoms with Crippen molar-refractivity contribution in [3.63, 3.8) is 0 Å². The van der Waals surface area contributed by atoms with Crippen LogP contribution in [0.5, 0.6) is 5.75 Å². The van der Waals surface area contributed by atoms with Gasteiger partial charge in [0.2, 0.25) is 0 Å². The zero-order valence-electron chi connectivity index (χ0n) is 20.8. The molecule has 0 spiro atoms. The lowest BCUT2D eigenvalue weighted by Crippen LogP contribution is -2.29. The van der Waals surface area contributed by atoms with Gasteiger partial charge >= 0.3 is 0 Å². The summed E-state index contributed by atoms with van der Waals surface area (Å²) in [7, 11) is 1.95. The molecule has 0 bridgehead atoms. The number of hydrogen-bond donors (Lipinski definition) is 5. The largest absolute Gasteiger partial charge is 0.458 e. The van der Waals surface area contributed by atoms with Gasteiger partial charge in [-0.25, -0.2) is 0 Å². The van der Waals surface area contributed by atoms with Crippen LogP contribution in [0, 0.1) is 5.41 Å². The molecule has 1 aliphatic heterocycles. The van der Waals surface area contributed by atoms with Crippen LogP contribution in [0.2, 0.25) is 0 Å². The Morgan fingerprint density at radius 2 is 1.72 bits per heavy atom. The fourth-order valence-corrected chi connectivity index (χ4v) is 3.50. The molecule has 7 nitrogen and oxygen atoms in total. The minimum Gasteiger partial charge on any atom is -0.458 e. The number of allylic oxidation sites excluding steroid dienone is 4. The van der Waals surface area contributed by atoms with Gasteiger partial charge in [-0.3, -0.25) is 5.41 Å². The Balaban J connectivity index is 0.000000316. The second-order valence-corrected chi connectivity index (χ2v) is 7.75. The van der Waals surface area contributed by atoms with Crippen molar-refractivity contribution in [3.8, 4) is 5.75 Å². The third-order valence-corrected chi connectivity index (χ3v) is 5.03. The first kappa shape index (κ1) is 27.9. The zero-order chi connectivity index (χ0) is 26.2. The number of nitrogens with one attached hydrogen (secondary N) is 3. The molecular weight excluding hydrogens is 450 g/mol. The number of dihydropyridines is 1. The summed E-state index contributed by atoms with van der Waals surface area (Å²) in [5.41, 5.74) is 16.0. The molecule has 7 N–H and O–H groups in total. The summed E-state index contributed by atoms with van der Waals surface area (Å²) in [5.74, 6) is 1.56. The normalized spacial score (nSPS) is 14.2. The van der Waals surface area contributed by atoms with Gasteiger partial charge in [0.05, 0.1) is 5.70 Å². The number of rotatable bonds is 6. The molecule has 0 radical (unpaired) electrons. The lowest BCUT2D eigenvalue weighted by atomic mass is 9.94. The Morgan fingerprint density at radius 3 is 2.33 bits per heavy atom. The highest BCUT2D eigenvalue weighted by Crippen LogP contribution is 2.25. The van der Waals surface area contributed by atoms with Crippen LogP contribution in [0.3, 0.4) is 0 Å². The van der Waals surface area contributed by atoms with Crippen molar-refractivity contribution in [1.82, 2.24) is 10.6 Å². The van der Waals surface area contributed by atoms with E-state index in [1.165, 1.54) is 12.5 Å². The third-order valence-electron chi connectivity index (χ3n) is 5.03. The molecule has 0 saturated carbocycles. The Hall–Kier alpha value is -4.36. The first-order valence-corrected chi connectivity index (χ1v) is 11.7. The highest BCUT2D eigenvalue weighted by Gasteiger charge is 2.18. The lowest BCUT2D eigenvalue weighted by molar-refractivity contribution is -0.106. The van der Waals surface area contributed by atoms with E-state index in [0.717, 1.165) is 41.9 Å². The number of amidine groups is 1. The average molecular weight is 486 g/mol. The molecule has 0 aromatic heterocycles. The van der Waals surface area contributed by atoms with Gasteiger partial charge in [0.25, 0.3) is 0 Å². The van der Waals surface area contributed by atoms with Crippen molar-refractivity contribution in [2.45, 2.75) is 19.9 Å². The smallest absolute Gasteiger partial charge is 0.127 e. The van der Waals surface area contributed by atoms with Crippen molar-refractivity contribution in [2.24, 2.45) is 11.5 Å². The number of ether oxygens (including phenoxy) is 1. The fraction of sp³-hybridized carbons (Fsp3) is 0.172. The van der Waals surface area contributed by atoms with E-state index in [1.807, 2.05) is 73.8 Å². The molecular formula is C29H35N5O2. The van der Waals surface area contributed by atoms with Crippen LogP contribution in [0.4, 0.5) is 0 Å². The molecule has 0 unspecified atom stereocenters. The Morgan fingerprint density at radius 1 is 1.08 bits per heavy atom. The minimum absolute atomic E-state index is 0.0208. The molecule has 2 aliphatic rings. The van der Waals surface area contributed by atoms with Crippen molar-refractivity contribution in [2.75, 3.05) is 13.6 Å². The molecule has 0 atom stereocenters. The summed E-state index contributed by atoms with van der Waals surface area (Å²) in [4.78, 5) is 8.81. The maximum absolute atomic E-state index is 8.81. The standard InChI is InChI=1S/C19H20N4O.C8H11N.C2H4O/c20-17-12-23-11-16(18(17)19(21)22)13-5-4-8-15(10-9-13)24-14-6-2-1-3-7-14;1-9-7-8-5-3-2-4-6-8;1-2-3/h1-3,5-10,12,23H,4,11,20H2,(H3,21,22);2-6,9H,7H2,1H3;2H,1H3. The topological polar surface area (TPSA) is 126 Å². The van der Waals surface area contributed by atoms with E-state index >= 15 is 0 Å². The molecule has 188 valence electrons. The quantitative estimate of drug-likeness (QED) is 0.238. The molecule has 36 heavy (non-hydrogen) atoms. The number of carbonyl (C=O) groups excluding carboxylic acids is 1. The van der Waals surface area contributed by atoms with Crippen molar-refractivity contribution in [1.29, 1.82) is 5.41 Å². The Labute approximate surface area is 213 Å². The lowest BCUT2D eigenvalue weighted by Gasteiger charge is -2.20. The van der Waals surface area contributed by atoms with Gasteiger partial charge in [-0.1, -0.05) is 60.7 Å². The van der Waals surface area contributed by atoms with Crippen molar-refractivity contribution < 1.29 is 9.53 Å². The number of carbonyl (C=O) groups is 1. The highest BCUT2D eigenvalue weighted by molar-refractivity contribution is 6.00. The summed E-state index contributed by atoms with van der Waals surface area (Å²) >= 11 is 0. The predicted octanol–water partition coefficient (Wildman–Crippen LogP) is 4.08. The van der Waals surface area contributed by atoms with E-state index in [-0.39, 0.29) is 5.84 Å². The summed E-state index contributed by atoms with van der Waals surface area (Å²) < 4.78 is 5.87. The van der Waals surface area contributed by atoms with Crippen LogP contribution < -0.4 is 26.8 Å². The first-order chi connectivity index (χ1) is 17.5. The van der Waals surface area contributed by atoms with Gasteiger partial charge in [0.15, 0.2) is 0 Å². The van der Waals surface area contributed by atoms with Crippen LogP contribution in [-0.4, -0.2) is 25.7 Å². The second kappa shape index (κ2) is 15.5. The van der Waals surface area contributed by atoms with Gasteiger partial charge in [-0.2, -0.15) is 0 Å². The molecule has 2 aromatic rings. The Bertz CT molecular complexity index is 1150. The number of nitrogens with two attached hydrogens (primary N) is 2. The van der Waals surface area contributed by atoms with Gasteiger partial charge in [0, 0.05) is 24.9 Å². The number of para-hydroxylation sites is 1. The van der Waals surface area contributed by atoms with E-state index in [1.54, 1.807) is 6.20 Å². The number of hydrogen-bond acceptors (Lipinski definition) is 6. The van der Waals surface area contributed by atoms with Crippen molar-refractivity contribution in [3.05, 3.63) is 125 Å². The van der Waals surface area contributed by atoms with E-state index in [4.69, 9.17) is 26.4 Å². The molecule has 1 aliphatic carbocycles. The second-order valence-electron chi connectivity index (χ2n) is 7.75. The van der Waals surface area contributed by atoms with E-state index in [9.17, 15) is 0 Å². The summed E-state index contributed by atoms with van der Waals surface area (Å²) in [6, 6.07) is 20.0. The maximum Gasteiger partial charge on any atom is 0.127 e. The Kier molecular flexibility index (Phi) is 12.0. The van der Waals surface area contributed by atoms with E-state index < -0.39 is 0 Å². The molecule has 2 aromatic carbocycles. The fourth-order valence-electron chi connectivity index (χ4n) is 3.50. The molecule has 4 rings (SSSR count). The monoisotopic (exact) mass is 485 g/mol. The molecule has 7 heteroatoms. The third kappa shape index (κ3) is 9.12. The SMILES string of the molecule is CC=O.CNCc1ccccc1.N=C(N)C1=C(C2=CCC=C(Oc3ccccc3)C=C2)CNC=C1N. The van der Waals surface area contributed by atoms with Crippen LogP contribution in [0.25, 0.3) is 0 Å². The van der Waals surface area contributed by atoms with Crippen LogP contribution in [-0.2, 0) is 11.3 Å². The molecule has 1 heterocycles. The maximum atomic E-state index is 8.81. The van der Waals surface area contributed by atoms with Gasteiger partial charge in [0.1, 0.15) is 23.6 Å². The highest BCUT2D eigenvalue weighted by atomic mass is 16.5. The zero-order valence-corrected chi connectivity index (χ0v) is 20.8. The average Bonchev–Trinajstić information content (AvgIpc) is 3.11. The first-order valence-electron chi connectivity index (χ1n) is 11.7. The number of benzene rings is 2. The molecule has 0 saturated heterocycles. The summed E-state index contributed by atoms with van der Waals surface area (Å²) in [6.07, 6.45) is 11.1. The van der Waals surface area contributed by atoms with Gasteiger partial charge in [-0.05, 0) is 61.4 Å². The molecule has 0 fully saturated rings. The van der Waals surface area contributed by atoms with Crippen LogP contribution in [0.15, 0.2) is 119 Å². The van der Waals surface area contributed by atoms with Crippen molar-refractivity contribution >= 4 is 12.1 Å². The van der Waals surface area contributed by atoms with E-state index in [2.05, 4.69) is 28.8 Å². The summed E-state index contributed by atoms with van der Waals surface area (Å²) in [5, 5.41) is 14.0. The minimum atomic E-state index is -0.0208. The van der Waals surface area contributed by atoms with Gasteiger partial charge < -0.3 is 31.6 Å². The predicted molar refractivity (Wildman–Crippen MR) is 147 cm³/mol. The van der Waals surface area contributed by atoms with Crippen LogP contribution in [0.1, 0.15) is 18.9 Å². The van der Waals surface area contributed by atoms with Gasteiger partial charge in [-0.15, -0.1) is 0 Å². The van der Waals surface area contributed by atoms with E-state index in [0.29, 0.717) is 17.8 Å². The summed E-state index contributed by atoms with van der Waals surface area (Å²) in [6.45, 7) is 2.99. The molecule has 0 amide bonds.